The predicted molar refractivity (Wildman–Crippen MR) is 39.3 cm³/mol. The van der Waals surface area contributed by atoms with Crippen molar-refractivity contribution in [1.29, 1.82) is 0 Å². The van der Waals surface area contributed by atoms with Crippen LogP contribution in [0.1, 0.15) is 19.8 Å². The lowest BCUT2D eigenvalue weighted by Crippen LogP contribution is -2.48. The second-order valence-electron chi connectivity index (χ2n) is 2.96. The fraction of sp³-hybridized carbons (Fsp3) is 1.00. The number of nitrogens with zero attached hydrogens (tertiary/aromatic N) is 1. The molecule has 0 atom stereocenters. The minimum Gasteiger partial charge on any atom is -0.328 e. The molecule has 0 aromatic heterocycles. The molecule has 0 saturated heterocycles. The van der Waals surface area contributed by atoms with E-state index >= 15 is 0 Å². The minimum atomic E-state index is 0.490. The topological polar surface area (TPSA) is 29.3 Å². The average Bonchev–Trinajstić information content (AvgIpc) is 1.79. The molecule has 2 heteroatoms. The quantitative estimate of drug-likeness (QED) is 0.584. The van der Waals surface area contributed by atoms with Gasteiger partial charge in [-0.1, -0.05) is 6.92 Å². The van der Waals surface area contributed by atoms with Gasteiger partial charge in [-0.3, -0.25) is 0 Å². The first-order valence-electron chi connectivity index (χ1n) is 3.70. The molecule has 2 N–H and O–H groups in total. The molecule has 0 unspecified atom stereocenters. The van der Waals surface area contributed by atoms with Crippen LogP contribution in [0.5, 0.6) is 0 Å². The Bertz CT molecular complexity index is 86.9. The maximum Gasteiger partial charge on any atom is 0.0122 e. The van der Waals surface area contributed by atoms with Crippen LogP contribution in [0.25, 0.3) is 0 Å². The Labute approximate surface area is 57.0 Å². The molecule has 0 aromatic rings. The van der Waals surface area contributed by atoms with Gasteiger partial charge in [0.25, 0.3) is 0 Å². The van der Waals surface area contributed by atoms with Crippen molar-refractivity contribution in [2.75, 3.05) is 13.6 Å². The van der Waals surface area contributed by atoms with Crippen molar-refractivity contribution in [3.63, 3.8) is 0 Å². The van der Waals surface area contributed by atoms with Crippen LogP contribution in [0.2, 0.25) is 0 Å². The van der Waals surface area contributed by atoms with Gasteiger partial charge in [-0.2, -0.15) is 0 Å². The molecule has 0 radical (unpaired) electrons. The van der Waals surface area contributed by atoms with Crippen molar-refractivity contribution >= 4 is 0 Å². The number of hydrogen-bond acceptors (Lipinski definition) is 2. The summed E-state index contributed by atoms with van der Waals surface area (Å²) in [5, 5.41) is 0. The summed E-state index contributed by atoms with van der Waals surface area (Å²) in [4.78, 5) is 2.36. The Balaban J connectivity index is 2.15. The lowest BCUT2D eigenvalue weighted by Gasteiger charge is -2.38. The summed E-state index contributed by atoms with van der Waals surface area (Å²) in [6, 6.07) is 1.27. The summed E-state index contributed by atoms with van der Waals surface area (Å²) in [5.41, 5.74) is 5.63. The molecule has 0 amide bonds. The normalized spacial score (nSPS) is 34.7. The highest BCUT2D eigenvalue weighted by Gasteiger charge is 2.27. The largest absolute Gasteiger partial charge is 0.328 e. The molecule has 0 heterocycles. The zero-order valence-corrected chi connectivity index (χ0v) is 6.30. The van der Waals surface area contributed by atoms with E-state index < -0.39 is 0 Å². The summed E-state index contributed by atoms with van der Waals surface area (Å²) in [5.74, 6) is 0. The standard InChI is InChI=1S/C7H16N2/c1-3-9(2)7-4-6(8)5-7/h6-7H,3-5,8H2,1-2H3. The number of rotatable bonds is 2. The van der Waals surface area contributed by atoms with E-state index in [0.717, 1.165) is 12.6 Å². The van der Waals surface area contributed by atoms with Gasteiger partial charge >= 0.3 is 0 Å². The lowest BCUT2D eigenvalue weighted by molar-refractivity contribution is 0.146. The summed E-state index contributed by atoms with van der Waals surface area (Å²) in [6.45, 7) is 3.33. The average molecular weight is 128 g/mol. The van der Waals surface area contributed by atoms with Crippen molar-refractivity contribution < 1.29 is 0 Å². The third-order valence-electron chi connectivity index (χ3n) is 2.27. The van der Waals surface area contributed by atoms with Crippen molar-refractivity contribution in [2.24, 2.45) is 5.73 Å². The molecule has 9 heavy (non-hydrogen) atoms. The Kier molecular flexibility index (Phi) is 2.09. The minimum absolute atomic E-state index is 0.490. The summed E-state index contributed by atoms with van der Waals surface area (Å²) in [7, 11) is 2.16. The second-order valence-corrected chi connectivity index (χ2v) is 2.96. The van der Waals surface area contributed by atoms with Gasteiger partial charge < -0.3 is 10.6 Å². The second kappa shape index (κ2) is 2.67. The predicted octanol–water partition coefficient (Wildman–Crippen LogP) is 0.428. The monoisotopic (exact) mass is 128 g/mol. The third-order valence-corrected chi connectivity index (χ3v) is 2.27. The molecule has 1 rings (SSSR count). The molecule has 0 bridgehead atoms. The van der Waals surface area contributed by atoms with Crippen LogP contribution in [0, 0.1) is 0 Å². The third kappa shape index (κ3) is 1.43. The van der Waals surface area contributed by atoms with Gasteiger partial charge in [-0.15, -0.1) is 0 Å². The van der Waals surface area contributed by atoms with Crippen LogP contribution in [0.3, 0.4) is 0 Å². The van der Waals surface area contributed by atoms with Gasteiger partial charge in [0.05, 0.1) is 0 Å². The Morgan fingerprint density at radius 1 is 1.56 bits per heavy atom. The van der Waals surface area contributed by atoms with Crippen molar-refractivity contribution in [1.82, 2.24) is 4.90 Å². The first-order valence-corrected chi connectivity index (χ1v) is 3.70. The SMILES string of the molecule is CCN(C)C1CC(N)C1. The summed E-state index contributed by atoms with van der Waals surface area (Å²) in [6.07, 6.45) is 2.40. The zero-order chi connectivity index (χ0) is 6.85. The highest BCUT2D eigenvalue weighted by molar-refractivity contribution is 4.87. The van der Waals surface area contributed by atoms with E-state index in [2.05, 4.69) is 18.9 Å². The van der Waals surface area contributed by atoms with E-state index in [9.17, 15) is 0 Å². The fourth-order valence-corrected chi connectivity index (χ4v) is 1.25. The van der Waals surface area contributed by atoms with Crippen LogP contribution in [0.15, 0.2) is 0 Å². The summed E-state index contributed by atoms with van der Waals surface area (Å²) >= 11 is 0. The van der Waals surface area contributed by atoms with Crippen LogP contribution in [-0.4, -0.2) is 30.6 Å². The Hall–Kier alpha value is -0.0800. The number of nitrogens with two attached hydrogens (primary N) is 1. The van der Waals surface area contributed by atoms with Gasteiger partial charge in [-0.05, 0) is 26.4 Å². The van der Waals surface area contributed by atoms with Crippen molar-refractivity contribution in [3.05, 3.63) is 0 Å². The van der Waals surface area contributed by atoms with Gasteiger partial charge in [0.15, 0.2) is 0 Å². The van der Waals surface area contributed by atoms with E-state index in [1.54, 1.807) is 0 Å². The molecule has 1 aliphatic rings. The molecular formula is C7H16N2. The first-order chi connectivity index (χ1) is 4.24. The van der Waals surface area contributed by atoms with Crippen LogP contribution < -0.4 is 5.73 Å². The van der Waals surface area contributed by atoms with Crippen LogP contribution >= 0.6 is 0 Å². The van der Waals surface area contributed by atoms with E-state index in [1.165, 1.54) is 12.8 Å². The molecular weight excluding hydrogens is 112 g/mol. The highest BCUT2D eigenvalue weighted by atomic mass is 15.1. The van der Waals surface area contributed by atoms with Crippen LogP contribution in [-0.2, 0) is 0 Å². The van der Waals surface area contributed by atoms with E-state index in [-0.39, 0.29) is 0 Å². The molecule has 0 aliphatic heterocycles. The van der Waals surface area contributed by atoms with Gasteiger partial charge in [-0.25, -0.2) is 0 Å². The Morgan fingerprint density at radius 2 is 2.11 bits per heavy atom. The van der Waals surface area contributed by atoms with Crippen molar-refractivity contribution in [2.45, 2.75) is 31.8 Å². The zero-order valence-electron chi connectivity index (χ0n) is 6.30. The Morgan fingerprint density at radius 3 is 2.44 bits per heavy atom. The van der Waals surface area contributed by atoms with Crippen LogP contribution in [0.4, 0.5) is 0 Å². The van der Waals surface area contributed by atoms with Gasteiger partial charge in [0.1, 0.15) is 0 Å². The fourth-order valence-electron chi connectivity index (χ4n) is 1.25. The molecule has 0 spiro atoms. The van der Waals surface area contributed by atoms with E-state index in [0.29, 0.717) is 6.04 Å². The number of hydrogen-bond donors (Lipinski definition) is 1. The molecule has 0 aromatic carbocycles. The van der Waals surface area contributed by atoms with Gasteiger partial charge in [0, 0.05) is 12.1 Å². The van der Waals surface area contributed by atoms with E-state index in [1.807, 2.05) is 0 Å². The summed E-state index contributed by atoms with van der Waals surface area (Å²) < 4.78 is 0. The van der Waals surface area contributed by atoms with Gasteiger partial charge in [0.2, 0.25) is 0 Å². The highest BCUT2D eigenvalue weighted by Crippen LogP contribution is 2.21. The first kappa shape index (κ1) is 7.03. The molecule has 1 fully saturated rings. The molecule has 1 saturated carbocycles. The smallest absolute Gasteiger partial charge is 0.0122 e. The van der Waals surface area contributed by atoms with Crippen molar-refractivity contribution in [3.8, 4) is 0 Å². The molecule has 2 nitrogen and oxygen atoms in total. The lowest BCUT2D eigenvalue weighted by atomic mass is 9.87. The maximum atomic E-state index is 5.63. The molecule has 1 aliphatic carbocycles. The van der Waals surface area contributed by atoms with E-state index in [4.69, 9.17) is 5.73 Å². The maximum absolute atomic E-state index is 5.63. The molecule has 54 valence electrons.